The molecule has 0 saturated carbocycles. The van der Waals surface area contributed by atoms with E-state index >= 15 is 0 Å². The highest BCUT2D eigenvalue weighted by Crippen LogP contribution is 2.17. The van der Waals surface area contributed by atoms with E-state index in [0.717, 1.165) is 5.76 Å². The minimum Gasteiger partial charge on any atom is -0.466 e. The average Bonchev–Trinajstić information content (AvgIpc) is 2.53. The maximum absolute atomic E-state index is 12.2. The van der Waals surface area contributed by atoms with Gasteiger partial charge in [-0.15, -0.1) is 0 Å². The number of carbonyl (C=O) groups is 1. The zero-order valence-electron chi connectivity index (χ0n) is 10.4. The topological polar surface area (TPSA) is 59.5 Å². The Kier molecular flexibility index (Phi) is 4.12. The van der Waals surface area contributed by atoms with Gasteiger partial charge in [0.15, 0.2) is 0 Å². The number of aryl methyl sites for hydroxylation is 2. The number of rotatable bonds is 4. The third-order valence-corrected chi connectivity index (χ3v) is 2.53. The molecule has 0 atom stereocenters. The van der Waals surface area contributed by atoms with Gasteiger partial charge in [-0.05, 0) is 33.8 Å². The molecule has 1 aromatic heterocycles. The highest BCUT2D eigenvalue weighted by atomic mass is 16.3. The minimum absolute atomic E-state index is 0.00481. The molecular formula is C12H20N2O2. The average molecular weight is 224 g/mol. The van der Waals surface area contributed by atoms with Crippen LogP contribution in [0.2, 0.25) is 0 Å². The van der Waals surface area contributed by atoms with Crippen molar-refractivity contribution in [2.75, 3.05) is 13.1 Å². The molecule has 1 aromatic rings. The normalized spacial score (nSPS) is 10.9. The molecule has 1 amide bonds. The molecule has 16 heavy (non-hydrogen) atoms. The third kappa shape index (κ3) is 2.64. The molecule has 0 unspecified atom stereocenters. The first-order chi connectivity index (χ1) is 7.47. The highest BCUT2D eigenvalue weighted by molar-refractivity contribution is 5.95. The van der Waals surface area contributed by atoms with Crippen LogP contribution in [0.5, 0.6) is 0 Å². The number of hydrogen-bond donors (Lipinski definition) is 1. The lowest BCUT2D eigenvalue weighted by Gasteiger charge is -2.25. The van der Waals surface area contributed by atoms with E-state index in [9.17, 15) is 4.79 Å². The first-order valence-corrected chi connectivity index (χ1v) is 5.55. The number of nitrogens with two attached hydrogens (primary N) is 1. The van der Waals surface area contributed by atoms with Crippen LogP contribution in [0.15, 0.2) is 10.5 Å². The summed E-state index contributed by atoms with van der Waals surface area (Å²) in [6.07, 6.45) is 0. The molecule has 0 saturated heterocycles. The number of furan rings is 1. The molecule has 0 spiro atoms. The second-order valence-corrected chi connectivity index (χ2v) is 4.21. The summed E-state index contributed by atoms with van der Waals surface area (Å²) >= 11 is 0. The van der Waals surface area contributed by atoms with Crippen molar-refractivity contribution in [3.05, 3.63) is 23.2 Å². The van der Waals surface area contributed by atoms with Crippen molar-refractivity contribution >= 4 is 5.91 Å². The van der Waals surface area contributed by atoms with Gasteiger partial charge < -0.3 is 15.1 Å². The Hall–Kier alpha value is -1.29. The fourth-order valence-corrected chi connectivity index (χ4v) is 1.73. The summed E-state index contributed by atoms with van der Waals surface area (Å²) in [6.45, 7) is 8.65. The van der Waals surface area contributed by atoms with E-state index in [1.165, 1.54) is 0 Å². The van der Waals surface area contributed by atoms with Gasteiger partial charge in [-0.3, -0.25) is 4.79 Å². The van der Waals surface area contributed by atoms with E-state index in [2.05, 4.69) is 0 Å². The van der Waals surface area contributed by atoms with Crippen LogP contribution in [0.3, 0.4) is 0 Å². The summed E-state index contributed by atoms with van der Waals surface area (Å²) in [5, 5.41) is 0. The Morgan fingerprint density at radius 1 is 1.50 bits per heavy atom. The van der Waals surface area contributed by atoms with Gasteiger partial charge in [0.05, 0.1) is 5.56 Å². The van der Waals surface area contributed by atoms with E-state index in [1.54, 1.807) is 17.9 Å². The molecule has 4 nitrogen and oxygen atoms in total. The molecule has 0 aromatic carbocycles. The lowest BCUT2D eigenvalue weighted by atomic mass is 10.2. The molecule has 90 valence electrons. The number of nitrogens with zero attached hydrogens (tertiary/aromatic N) is 1. The molecule has 0 aliphatic carbocycles. The molecule has 2 N–H and O–H groups in total. The summed E-state index contributed by atoms with van der Waals surface area (Å²) in [6, 6.07) is 1.93. The van der Waals surface area contributed by atoms with Crippen molar-refractivity contribution in [1.29, 1.82) is 0 Å². The van der Waals surface area contributed by atoms with Gasteiger partial charge in [-0.2, -0.15) is 0 Å². The third-order valence-electron chi connectivity index (χ3n) is 2.53. The van der Waals surface area contributed by atoms with E-state index in [1.807, 2.05) is 20.8 Å². The Balaban J connectivity index is 2.94. The lowest BCUT2D eigenvalue weighted by Crippen LogP contribution is -2.40. The second-order valence-electron chi connectivity index (χ2n) is 4.21. The molecule has 0 aliphatic rings. The van der Waals surface area contributed by atoms with Gasteiger partial charge >= 0.3 is 0 Å². The van der Waals surface area contributed by atoms with Gasteiger partial charge in [0.25, 0.3) is 5.91 Å². The van der Waals surface area contributed by atoms with Crippen molar-refractivity contribution in [2.45, 2.75) is 33.7 Å². The first kappa shape index (κ1) is 12.8. The number of carbonyl (C=O) groups excluding carboxylic acids is 1. The van der Waals surface area contributed by atoms with Gasteiger partial charge in [0.2, 0.25) is 0 Å². The first-order valence-electron chi connectivity index (χ1n) is 5.55. The smallest absolute Gasteiger partial charge is 0.257 e. The predicted molar refractivity (Wildman–Crippen MR) is 63.4 cm³/mol. The summed E-state index contributed by atoms with van der Waals surface area (Å²) < 4.78 is 5.36. The van der Waals surface area contributed by atoms with Gasteiger partial charge in [0.1, 0.15) is 11.5 Å². The van der Waals surface area contributed by atoms with Crippen LogP contribution in [-0.2, 0) is 0 Å². The van der Waals surface area contributed by atoms with Crippen LogP contribution in [0.25, 0.3) is 0 Å². The molecule has 4 heteroatoms. The zero-order valence-corrected chi connectivity index (χ0v) is 10.4. The van der Waals surface area contributed by atoms with E-state index in [4.69, 9.17) is 10.2 Å². The largest absolute Gasteiger partial charge is 0.466 e. The van der Waals surface area contributed by atoms with Gasteiger partial charge in [-0.25, -0.2) is 0 Å². The van der Waals surface area contributed by atoms with Crippen molar-refractivity contribution < 1.29 is 9.21 Å². The lowest BCUT2D eigenvalue weighted by molar-refractivity contribution is 0.0710. The molecule has 0 bridgehead atoms. The molecule has 0 fully saturated rings. The second kappa shape index (κ2) is 5.16. The van der Waals surface area contributed by atoms with Crippen molar-refractivity contribution in [3.8, 4) is 0 Å². The van der Waals surface area contributed by atoms with Crippen molar-refractivity contribution in [1.82, 2.24) is 4.90 Å². The fourth-order valence-electron chi connectivity index (χ4n) is 1.73. The van der Waals surface area contributed by atoms with E-state index < -0.39 is 0 Å². The fraction of sp³-hybridized carbons (Fsp3) is 0.583. The van der Waals surface area contributed by atoms with Crippen LogP contribution in [0.1, 0.15) is 35.7 Å². The molecule has 0 radical (unpaired) electrons. The van der Waals surface area contributed by atoms with Crippen molar-refractivity contribution in [2.24, 2.45) is 5.73 Å². The standard InChI is InChI=1S/C12H20N2O2/c1-8(2)14(6-5-13)12(15)11-7-9(3)16-10(11)4/h7-8H,5-6,13H2,1-4H3. The van der Waals surface area contributed by atoms with Crippen molar-refractivity contribution in [3.63, 3.8) is 0 Å². The van der Waals surface area contributed by atoms with Crippen LogP contribution < -0.4 is 5.73 Å². The summed E-state index contributed by atoms with van der Waals surface area (Å²) in [5.41, 5.74) is 6.15. The number of amides is 1. The summed E-state index contributed by atoms with van der Waals surface area (Å²) in [7, 11) is 0. The number of hydrogen-bond acceptors (Lipinski definition) is 3. The Morgan fingerprint density at radius 3 is 2.50 bits per heavy atom. The quantitative estimate of drug-likeness (QED) is 0.847. The molecule has 1 rings (SSSR count). The summed E-state index contributed by atoms with van der Waals surface area (Å²) in [5.74, 6) is 1.43. The van der Waals surface area contributed by atoms with E-state index in [-0.39, 0.29) is 11.9 Å². The van der Waals surface area contributed by atoms with E-state index in [0.29, 0.717) is 24.4 Å². The predicted octanol–water partition coefficient (Wildman–Crippen LogP) is 1.71. The van der Waals surface area contributed by atoms with Crippen LogP contribution >= 0.6 is 0 Å². The molecule has 0 aliphatic heterocycles. The SMILES string of the molecule is Cc1cc(C(=O)N(CCN)C(C)C)c(C)o1. The maximum atomic E-state index is 12.2. The monoisotopic (exact) mass is 224 g/mol. The minimum atomic E-state index is -0.00481. The summed E-state index contributed by atoms with van der Waals surface area (Å²) in [4.78, 5) is 14.0. The Morgan fingerprint density at radius 2 is 2.12 bits per heavy atom. The maximum Gasteiger partial charge on any atom is 0.257 e. The van der Waals surface area contributed by atoms with Crippen LogP contribution in [0.4, 0.5) is 0 Å². The zero-order chi connectivity index (χ0) is 12.3. The van der Waals surface area contributed by atoms with Crippen LogP contribution in [0, 0.1) is 13.8 Å². The van der Waals surface area contributed by atoms with Gasteiger partial charge in [-0.1, -0.05) is 0 Å². The molecule has 1 heterocycles. The van der Waals surface area contributed by atoms with Crippen LogP contribution in [-0.4, -0.2) is 29.9 Å². The highest BCUT2D eigenvalue weighted by Gasteiger charge is 2.21. The Bertz CT molecular complexity index is 369. The Labute approximate surface area is 96.4 Å². The van der Waals surface area contributed by atoms with Gasteiger partial charge in [0, 0.05) is 19.1 Å². The molecular weight excluding hydrogens is 204 g/mol.